The monoisotopic (exact) mass is 373 g/mol. The molecular weight excluding hydrogens is 342 g/mol. The number of carboxylic acid groups (broad SMARTS) is 1. The molecule has 148 valence electrons. The lowest BCUT2D eigenvalue weighted by atomic mass is 9.63. The first-order chi connectivity index (χ1) is 12.9. The Kier molecular flexibility index (Phi) is 6.05. The van der Waals surface area contributed by atoms with Gasteiger partial charge in [0.05, 0.1) is 0 Å². The van der Waals surface area contributed by atoms with Crippen molar-refractivity contribution in [1.82, 2.24) is 15.1 Å². The minimum Gasteiger partial charge on any atom is -0.480 e. The first kappa shape index (κ1) is 19.7. The molecule has 3 rings (SSSR count). The van der Waals surface area contributed by atoms with Gasteiger partial charge >= 0.3 is 12.0 Å². The van der Waals surface area contributed by atoms with E-state index in [2.05, 4.69) is 48.6 Å². The molecule has 2 aliphatic rings. The zero-order valence-corrected chi connectivity index (χ0v) is 16.4. The van der Waals surface area contributed by atoms with Gasteiger partial charge in [0.1, 0.15) is 6.54 Å². The number of hydrogen-bond donors (Lipinski definition) is 2. The van der Waals surface area contributed by atoms with Gasteiger partial charge in [0.2, 0.25) is 0 Å². The third-order valence-corrected chi connectivity index (χ3v) is 6.28. The molecule has 0 heterocycles. The van der Waals surface area contributed by atoms with Crippen molar-refractivity contribution in [1.29, 1.82) is 0 Å². The molecule has 1 aromatic rings. The number of hydrogen-bond acceptors (Lipinski definition) is 3. The van der Waals surface area contributed by atoms with Crippen LogP contribution in [0.15, 0.2) is 30.3 Å². The van der Waals surface area contributed by atoms with E-state index in [9.17, 15) is 14.7 Å². The quantitative estimate of drug-likeness (QED) is 0.735. The molecule has 2 saturated carbocycles. The zero-order chi connectivity index (χ0) is 19.4. The Morgan fingerprint density at radius 2 is 1.81 bits per heavy atom. The fourth-order valence-corrected chi connectivity index (χ4v) is 4.37. The Labute approximate surface area is 161 Å². The Morgan fingerprint density at radius 1 is 1.15 bits per heavy atom. The molecule has 0 aromatic heterocycles. The summed E-state index contributed by atoms with van der Waals surface area (Å²) in [7, 11) is 4.17. The van der Waals surface area contributed by atoms with Crippen molar-refractivity contribution in [2.45, 2.75) is 37.6 Å². The van der Waals surface area contributed by atoms with E-state index in [1.807, 2.05) is 6.07 Å². The summed E-state index contributed by atoms with van der Waals surface area (Å²) in [6, 6.07) is 10.2. The first-order valence-electron chi connectivity index (χ1n) is 9.88. The van der Waals surface area contributed by atoms with E-state index >= 15 is 0 Å². The molecule has 0 radical (unpaired) electrons. The maximum atomic E-state index is 12.5. The molecule has 1 aromatic carbocycles. The Bertz CT molecular complexity index is 652. The SMILES string of the molecule is CN(C)C1(c2ccccc2)CC(CN(CC(=O)O)C(=O)NCC2CCC2)C1. The molecular formula is C21H31N3O3. The Balaban J connectivity index is 1.59. The predicted octanol–water partition coefficient (Wildman–Crippen LogP) is 2.75. The van der Waals surface area contributed by atoms with E-state index in [1.165, 1.54) is 16.9 Å². The molecule has 0 spiro atoms. The highest BCUT2D eigenvalue weighted by molar-refractivity contribution is 5.80. The van der Waals surface area contributed by atoms with Gasteiger partial charge < -0.3 is 15.3 Å². The van der Waals surface area contributed by atoms with Crippen molar-refractivity contribution in [3.05, 3.63) is 35.9 Å². The molecule has 2 aliphatic carbocycles. The normalized spacial score (nSPS) is 24.8. The van der Waals surface area contributed by atoms with Crippen molar-refractivity contribution in [2.75, 3.05) is 33.7 Å². The van der Waals surface area contributed by atoms with Crippen molar-refractivity contribution in [3.63, 3.8) is 0 Å². The number of aliphatic carboxylic acids is 1. The topological polar surface area (TPSA) is 72.9 Å². The summed E-state index contributed by atoms with van der Waals surface area (Å²) in [6.45, 7) is 0.907. The number of carbonyl (C=O) groups excluding carboxylic acids is 1. The van der Waals surface area contributed by atoms with Gasteiger partial charge in [-0.2, -0.15) is 0 Å². The maximum absolute atomic E-state index is 12.5. The minimum atomic E-state index is -0.963. The van der Waals surface area contributed by atoms with Crippen LogP contribution in [0.4, 0.5) is 4.79 Å². The van der Waals surface area contributed by atoms with Crippen molar-refractivity contribution in [3.8, 4) is 0 Å². The lowest BCUT2D eigenvalue weighted by Crippen LogP contribution is -2.56. The summed E-state index contributed by atoms with van der Waals surface area (Å²) in [5.74, 6) is -0.0970. The number of rotatable bonds is 8. The van der Waals surface area contributed by atoms with Crippen LogP contribution in [0.2, 0.25) is 0 Å². The number of carbonyl (C=O) groups is 2. The average molecular weight is 373 g/mol. The Hall–Kier alpha value is -2.08. The van der Waals surface area contributed by atoms with Crippen molar-refractivity contribution < 1.29 is 14.7 Å². The molecule has 6 nitrogen and oxygen atoms in total. The molecule has 0 atom stereocenters. The van der Waals surface area contributed by atoms with E-state index in [4.69, 9.17) is 0 Å². The number of benzene rings is 1. The second kappa shape index (κ2) is 8.30. The fraction of sp³-hybridized carbons (Fsp3) is 0.619. The molecule has 6 heteroatoms. The molecule has 2 fully saturated rings. The van der Waals surface area contributed by atoms with Crippen LogP contribution in [-0.4, -0.2) is 60.6 Å². The van der Waals surface area contributed by atoms with Gasteiger partial charge in [-0.25, -0.2) is 4.79 Å². The summed E-state index contributed by atoms with van der Waals surface area (Å²) in [5.41, 5.74) is 1.26. The summed E-state index contributed by atoms with van der Waals surface area (Å²) < 4.78 is 0. The molecule has 0 unspecified atom stereocenters. The molecule has 2 N–H and O–H groups in total. The van der Waals surface area contributed by atoms with Crippen molar-refractivity contribution >= 4 is 12.0 Å². The van der Waals surface area contributed by atoms with Crippen LogP contribution < -0.4 is 5.32 Å². The number of amides is 2. The largest absolute Gasteiger partial charge is 0.480 e. The highest BCUT2D eigenvalue weighted by Gasteiger charge is 2.47. The lowest BCUT2D eigenvalue weighted by molar-refractivity contribution is -0.138. The highest BCUT2D eigenvalue weighted by atomic mass is 16.4. The average Bonchev–Trinajstić information content (AvgIpc) is 2.55. The predicted molar refractivity (Wildman–Crippen MR) is 104 cm³/mol. The van der Waals surface area contributed by atoms with Crippen LogP contribution in [0.25, 0.3) is 0 Å². The van der Waals surface area contributed by atoms with E-state index in [0.29, 0.717) is 24.9 Å². The van der Waals surface area contributed by atoms with Crippen LogP contribution in [0.5, 0.6) is 0 Å². The maximum Gasteiger partial charge on any atom is 0.323 e. The van der Waals surface area contributed by atoms with E-state index < -0.39 is 5.97 Å². The zero-order valence-electron chi connectivity index (χ0n) is 16.4. The molecule has 27 heavy (non-hydrogen) atoms. The number of nitrogens with one attached hydrogen (secondary N) is 1. The summed E-state index contributed by atoms with van der Waals surface area (Å²) >= 11 is 0. The van der Waals surface area contributed by atoms with Gasteiger partial charge in [-0.15, -0.1) is 0 Å². The van der Waals surface area contributed by atoms with Crippen LogP contribution in [0.3, 0.4) is 0 Å². The van der Waals surface area contributed by atoms with Gasteiger partial charge in [0.15, 0.2) is 0 Å². The van der Waals surface area contributed by atoms with Crippen LogP contribution in [0.1, 0.15) is 37.7 Å². The van der Waals surface area contributed by atoms with Crippen molar-refractivity contribution in [2.24, 2.45) is 11.8 Å². The number of carboxylic acids is 1. The molecule has 0 bridgehead atoms. The van der Waals surface area contributed by atoms with Crippen LogP contribution in [0, 0.1) is 11.8 Å². The molecule has 0 saturated heterocycles. The van der Waals surface area contributed by atoms with Gasteiger partial charge in [0, 0.05) is 18.6 Å². The standard InChI is InChI=1S/C21H31N3O3/c1-23(2)21(18-9-4-3-5-10-18)11-17(12-21)14-24(15-19(25)26)20(27)22-13-16-7-6-8-16/h3-5,9-10,16-17H,6-8,11-15H2,1-2H3,(H,22,27)(H,25,26). The third kappa shape index (κ3) is 4.43. The highest BCUT2D eigenvalue weighted by Crippen LogP contribution is 2.49. The smallest absolute Gasteiger partial charge is 0.323 e. The van der Waals surface area contributed by atoms with E-state index in [0.717, 1.165) is 25.7 Å². The van der Waals surface area contributed by atoms with Gasteiger partial charge in [-0.1, -0.05) is 36.8 Å². The van der Waals surface area contributed by atoms with Gasteiger partial charge in [-0.05, 0) is 57.2 Å². The molecule has 0 aliphatic heterocycles. The first-order valence-corrected chi connectivity index (χ1v) is 9.88. The number of nitrogens with zero attached hydrogens (tertiary/aromatic N) is 2. The fourth-order valence-electron chi connectivity index (χ4n) is 4.37. The second-order valence-corrected chi connectivity index (χ2v) is 8.32. The summed E-state index contributed by atoms with van der Waals surface area (Å²) in [4.78, 5) is 27.5. The summed E-state index contributed by atoms with van der Waals surface area (Å²) in [5, 5.41) is 12.1. The number of urea groups is 1. The van der Waals surface area contributed by atoms with E-state index in [-0.39, 0.29) is 18.1 Å². The second-order valence-electron chi connectivity index (χ2n) is 8.32. The van der Waals surface area contributed by atoms with Crippen LogP contribution >= 0.6 is 0 Å². The third-order valence-electron chi connectivity index (χ3n) is 6.28. The minimum absolute atomic E-state index is 0.0246. The van der Waals surface area contributed by atoms with Gasteiger partial charge in [0.25, 0.3) is 0 Å². The lowest BCUT2D eigenvalue weighted by Gasteiger charge is -2.53. The van der Waals surface area contributed by atoms with E-state index in [1.54, 1.807) is 0 Å². The molecule has 2 amide bonds. The van der Waals surface area contributed by atoms with Gasteiger partial charge in [-0.3, -0.25) is 9.69 Å². The Morgan fingerprint density at radius 3 is 2.33 bits per heavy atom. The van der Waals surface area contributed by atoms with Crippen LogP contribution in [-0.2, 0) is 10.3 Å². The summed E-state index contributed by atoms with van der Waals surface area (Å²) in [6.07, 6.45) is 5.40.